The molecule has 4 heteroatoms. The van der Waals surface area contributed by atoms with E-state index >= 15 is 0 Å². The summed E-state index contributed by atoms with van der Waals surface area (Å²) in [4.78, 5) is 2.37. The normalized spacial score (nSPS) is 12.7. The van der Waals surface area contributed by atoms with Crippen molar-refractivity contribution in [3.05, 3.63) is 46.3 Å². The molecule has 1 unspecified atom stereocenters. The number of hydrogen-bond acceptors (Lipinski definition) is 3. The lowest BCUT2D eigenvalue weighted by atomic mass is 10.1. The predicted octanol–water partition coefficient (Wildman–Crippen LogP) is 4.78. The first kappa shape index (κ1) is 13.7. The lowest BCUT2D eigenvalue weighted by Crippen LogP contribution is -2.12. The van der Waals surface area contributed by atoms with Crippen LogP contribution in [0.5, 0.6) is 0 Å². The molecule has 0 saturated heterocycles. The van der Waals surface area contributed by atoms with Crippen molar-refractivity contribution in [3.8, 4) is 0 Å². The van der Waals surface area contributed by atoms with Gasteiger partial charge in [-0.15, -0.1) is 0 Å². The molecule has 2 rings (SSSR count). The number of furan rings is 1. The number of hydrogen-bond donors (Lipinski definition) is 1. The van der Waals surface area contributed by atoms with Crippen LogP contribution in [0, 0.1) is 6.92 Å². The SMILES string of the molecule is CNC(C)c1ccc(Sc2ccoc2C)cc1Br. The maximum Gasteiger partial charge on any atom is 0.114 e. The average molecular weight is 326 g/mol. The zero-order chi connectivity index (χ0) is 13.1. The van der Waals surface area contributed by atoms with Gasteiger partial charge in [0.1, 0.15) is 5.76 Å². The molecule has 0 bridgehead atoms. The highest BCUT2D eigenvalue weighted by molar-refractivity contribution is 9.10. The minimum Gasteiger partial charge on any atom is -0.468 e. The molecule has 0 aliphatic heterocycles. The summed E-state index contributed by atoms with van der Waals surface area (Å²) in [6, 6.07) is 8.79. The third kappa shape index (κ3) is 2.99. The summed E-state index contributed by atoms with van der Waals surface area (Å²) >= 11 is 5.35. The predicted molar refractivity (Wildman–Crippen MR) is 79.2 cm³/mol. The Kier molecular flexibility index (Phi) is 4.54. The van der Waals surface area contributed by atoms with Gasteiger partial charge in [0.05, 0.1) is 11.2 Å². The molecule has 1 heterocycles. The summed E-state index contributed by atoms with van der Waals surface area (Å²) < 4.78 is 6.44. The average Bonchev–Trinajstić information content (AvgIpc) is 2.74. The van der Waals surface area contributed by atoms with Crippen LogP contribution in [0.3, 0.4) is 0 Å². The molecule has 1 aromatic heterocycles. The van der Waals surface area contributed by atoms with Crippen LogP contribution in [0.2, 0.25) is 0 Å². The van der Waals surface area contributed by atoms with Crippen molar-refractivity contribution >= 4 is 27.7 Å². The second-order valence-corrected chi connectivity index (χ2v) is 6.11. The van der Waals surface area contributed by atoms with Crippen LogP contribution in [0.25, 0.3) is 0 Å². The Balaban J connectivity index is 2.21. The third-order valence-corrected chi connectivity index (χ3v) is 4.73. The van der Waals surface area contributed by atoms with Crippen LogP contribution >= 0.6 is 27.7 Å². The van der Waals surface area contributed by atoms with Gasteiger partial charge in [-0.2, -0.15) is 0 Å². The summed E-state index contributed by atoms with van der Waals surface area (Å²) in [6.45, 7) is 4.13. The maximum absolute atomic E-state index is 5.30. The van der Waals surface area contributed by atoms with Crippen molar-refractivity contribution in [1.29, 1.82) is 0 Å². The van der Waals surface area contributed by atoms with Gasteiger partial charge in [-0.25, -0.2) is 0 Å². The third-order valence-electron chi connectivity index (χ3n) is 2.91. The van der Waals surface area contributed by atoms with Crippen molar-refractivity contribution in [3.63, 3.8) is 0 Å². The van der Waals surface area contributed by atoms with Gasteiger partial charge in [0, 0.05) is 15.4 Å². The second-order valence-electron chi connectivity index (χ2n) is 4.14. The smallest absolute Gasteiger partial charge is 0.114 e. The van der Waals surface area contributed by atoms with E-state index in [1.54, 1.807) is 18.0 Å². The van der Waals surface area contributed by atoms with E-state index in [2.05, 4.69) is 46.4 Å². The minimum absolute atomic E-state index is 0.342. The fourth-order valence-corrected chi connectivity index (χ4v) is 3.44. The van der Waals surface area contributed by atoms with Gasteiger partial charge < -0.3 is 9.73 Å². The lowest BCUT2D eigenvalue weighted by Gasteiger charge is -2.13. The Morgan fingerprint density at radius 1 is 1.33 bits per heavy atom. The van der Waals surface area contributed by atoms with E-state index in [9.17, 15) is 0 Å². The highest BCUT2D eigenvalue weighted by atomic mass is 79.9. The number of benzene rings is 1. The van der Waals surface area contributed by atoms with Gasteiger partial charge in [-0.1, -0.05) is 33.8 Å². The molecule has 0 spiro atoms. The largest absolute Gasteiger partial charge is 0.468 e. The van der Waals surface area contributed by atoms with Crippen molar-refractivity contribution < 1.29 is 4.42 Å². The molecule has 1 aromatic carbocycles. The van der Waals surface area contributed by atoms with Crippen LogP contribution in [0.4, 0.5) is 0 Å². The van der Waals surface area contributed by atoms with Crippen LogP contribution in [-0.2, 0) is 0 Å². The molecule has 18 heavy (non-hydrogen) atoms. The Morgan fingerprint density at radius 2 is 2.11 bits per heavy atom. The van der Waals surface area contributed by atoms with Gasteiger partial charge in [0.25, 0.3) is 0 Å². The van der Waals surface area contributed by atoms with E-state index in [-0.39, 0.29) is 0 Å². The molecular formula is C14H16BrNOS. The Bertz CT molecular complexity index is 538. The van der Waals surface area contributed by atoms with Gasteiger partial charge >= 0.3 is 0 Å². The first-order valence-electron chi connectivity index (χ1n) is 5.80. The Morgan fingerprint density at radius 3 is 2.67 bits per heavy atom. The molecular weight excluding hydrogens is 310 g/mol. The molecule has 0 aliphatic rings. The standard InChI is InChI=1S/C14H16BrNOS/c1-9(16-3)12-5-4-11(8-13(12)15)18-14-6-7-17-10(14)2/h4-9,16H,1-3H3. The molecule has 2 nitrogen and oxygen atoms in total. The number of nitrogens with one attached hydrogen (secondary N) is 1. The van der Waals surface area contributed by atoms with E-state index in [0.717, 1.165) is 15.1 Å². The van der Waals surface area contributed by atoms with Crippen LogP contribution in [0.15, 0.2) is 49.2 Å². The first-order chi connectivity index (χ1) is 8.61. The highest BCUT2D eigenvalue weighted by Crippen LogP contribution is 2.34. The summed E-state index contributed by atoms with van der Waals surface area (Å²) in [5, 5.41) is 3.24. The van der Waals surface area contributed by atoms with Crippen LogP contribution in [0.1, 0.15) is 24.3 Å². The molecule has 96 valence electrons. The second kappa shape index (κ2) is 5.95. The van der Waals surface area contributed by atoms with Gasteiger partial charge in [-0.05, 0) is 44.7 Å². The molecule has 1 atom stereocenters. The van der Waals surface area contributed by atoms with Crippen LogP contribution in [-0.4, -0.2) is 7.05 Å². The fourth-order valence-electron chi connectivity index (χ4n) is 1.68. The van der Waals surface area contributed by atoms with Crippen molar-refractivity contribution in [2.75, 3.05) is 7.05 Å². The lowest BCUT2D eigenvalue weighted by molar-refractivity contribution is 0.527. The molecule has 0 radical (unpaired) electrons. The topological polar surface area (TPSA) is 25.2 Å². The number of rotatable bonds is 4. The summed E-state index contributed by atoms with van der Waals surface area (Å²) in [5.74, 6) is 0.962. The molecule has 0 amide bonds. The zero-order valence-electron chi connectivity index (χ0n) is 10.7. The van der Waals surface area contributed by atoms with Crippen molar-refractivity contribution in [1.82, 2.24) is 5.32 Å². The first-order valence-corrected chi connectivity index (χ1v) is 7.41. The molecule has 0 saturated carbocycles. The van der Waals surface area contributed by atoms with Crippen molar-refractivity contribution in [2.24, 2.45) is 0 Å². The van der Waals surface area contributed by atoms with E-state index < -0.39 is 0 Å². The molecule has 1 N–H and O–H groups in total. The number of aryl methyl sites for hydroxylation is 1. The molecule has 2 aromatic rings. The zero-order valence-corrected chi connectivity index (χ0v) is 13.1. The number of halogens is 1. The van der Waals surface area contributed by atoms with Crippen molar-refractivity contribution in [2.45, 2.75) is 29.7 Å². The Labute approximate surface area is 120 Å². The van der Waals surface area contributed by atoms with E-state index in [1.807, 2.05) is 20.0 Å². The monoisotopic (exact) mass is 325 g/mol. The van der Waals surface area contributed by atoms with Gasteiger partial charge in [0.15, 0.2) is 0 Å². The van der Waals surface area contributed by atoms with Gasteiger partial charge in [0.2, 0.25) is 0 Å². The fraction of sp³-hybridized carbons (Fsp3) is 0.286. The summed E-state index contributed by atoms with van der Waals surface area (Å²) in [6.07, 6.45) is 1.73. The Hall–Kier alpha value is -0.710. The van der Waals surface area contributed by atoms with E-state index in [4.69, 9.17) is 4.42 Å². The minimum atomic E-state index is 0.342. The molecule has 0 aliphatic carbocycles. The maximum atomic E-state index is 5.30. The highest BCUT2D eigenvalue weighted by Gasteiger charge is 2.09. The molecule has 0 fully saturated rings. The van der Waals surface area contributed by atoms with Crippen LogP contribution < -0.4 is 5.32 Å². The van der Waals surface area contributed by atoms with E-state index in [0.29, 0.717) is 6.04 Å². The quantitative estimate of drug-likeness (QED) is 0.875. The summed E-state index contributed by atoms with van der Waals surface area (Å²) in [7, 11) is 1.97. The van der Waals surface area contributed by atoms with Gasteiger partial charge in [-0.3, -0.25) is 0 Å². The van der Waals surface area contributed by atoms with E-state index in [1.165, 1.54) is 10.5 Å². The summed E-state index contributed by atoms with van der Waals surface area (Å²) in [5.41, 5.74) is 1.27.